The first-order chi connectivity index (χ1) is 11.5. The molecule has 0 radical (unpaired) electrons. The van der Waals surface area contributed by atoms with Crippen molar-refractivity contribution in [2.24, 2.45) is 13.0 Å². The molecular formula is C18H24N4O2. The fourth-order valence-corrected chi connectivity index (χ4v) is 3.23. The molecule has 0 saturated heterocycles. The summed E-state index contributed by atoms with van der Waals surface area (Å²) in [4.78, 5) is 14.6. The molecule has 1 N–H and O–H groups in total. The van der Waals surface area contributed by atoms with Gasteiger partial charge in [-0.3, -0.25) is 10.00 Å². The highest BCUT2D eigenvalue weighted by atomic mass is 16.3. The highest BCUT2D eigenvalue weighted by molar-refractivity contribution is 5.88. The quantitative estimate of drug-likeness (QED) is 0.911. The van der Waals surface area contributed by atoms with Gasteiger partial charge in [-0.1, -0.05) is 6.92 Å². The van der Waals surface area contributed by atoms with E-state index in [9.17, 15) is 4.79 Å². The van der Waals surface area contributed by atoms with Crippen LogP contribution in [0, 0.1) is 12.8 Å². The van der Waals surface area contributed by atoms with Crippen LogP contribution in [0.4, 0.5) is 10.6 Å². The van der Waals surface area contributed by atoms with Gasteiger partial charge in [-0.15, -0.1) is 0 Å². The van der Waals surface area contributed by atoms with Crippen LogP contribution in [0.1, 0.15) is 49.3 Å². The molecule has 2 heterocycles. The number of nitrogens with zero attached hydrogens (tertiary/aromatic N) is 3. The maximum atomic E-state index is 12.7. The summed E-state index contributed by atoms with van der Waals surface area (Å²) in [5.74, 6) is 3.94. The molecule has 0 unspecified atom stereocenters. The van der Waals surface area contributed by atoms with Crippen molar-refractivity contribution >= 4 is 11.8 Å². The van der Waals surface area contributed by atoms with Gasteiger partial charge in [-0.2, -0.15) is 5.10 Å². The van der Waals surface area contributed by atoms with Crippen molar-refractivity contribution in [3.05, 3.63) is 35.4 Å². The number of carbonyl (C=O) groups is 1. The third-order valence-electron chi connectivity index (χ3n) is 4.97. The molecule has 0 spiro atoms. The van der Waals surface area contributed by atoms with Gasteiger partial charge < -0.3 is 9.32 Å². The van der Waals surface area contributed by atoms with Crippen LogP contribution in [-0.4, -0.2) is 26.8 Å². The smallest absolute Gasteiger partial charge is 0.323 e. The molecule has 128 valence electrons. The first-order valence-electron chi connectivity index (χ1n) is 8.68. The van der Waals surface area contributed by atoms with E-state index in [0.29, 0.717) is 18.5 Å². The van der Waals surface area contributed by atoms with Crippen molar-refractivity contribution in [3.8, 4) is 0 Å². The maximum absolute atomic E-state index is 12.7. The molecule has 0 aliphatic heterocycles. The van der Waals surface area contributed by atoms with Crippen molar-refractivity contribution in [2.75, 3.05) is 5.32 Å². The monoisotopic (exact) mass is 328 g/mol. The average molecular weight is 328 g/mol. The predicted molar refractivity (Wildman–Crippen MR) is 90.8 cm³/mol. The predicted octanol–water partition coefficient (Wildman–Crippen LogP) is 3.64. The van der Waals surface area contributed by atoms with E-state index >= 15 is 0 Å². The standard InChI is InChI=1S/C18H24N4O2/c1-11-8-15(11)16-7-6-14(24-16)10-22(13-4-5-13)18(23)19-17-9-12(2)20-21(17)3/h6-7,9,11,13,15H,4-5,8,10H2,1-3H3,(H,19,23)/t11-,15-/m0/s1. The number of aromatic nitrogens is 2. The van der Waals surface area contributed by atoms with Gasteiger partial charge in [0.1, 0.15) is 17.3 Å². The van der Waals surface area contributed by atoms with E-state index in [-0.39, 0.29) is 6.03 Å². The lowest BCUT2D eigenvalue weighted by Crippen LogP contribution is -2.36. The Balaban J connectivity index is 1.45. The molecule has 24 heavy (non-hydrogen) atoms. The zero-order chi connectivity index (χ0) is 16.8. The van der Waals surface area contributed by atoms with Crippen LogP contribution in [0.15, 0.2) is 22.6 Å². The summed E-state index contributed by atoms with van der Waals surface area (Å²) in [5, 5.41) is 7.24. The van der Waals surface area contributed by atoms with E-state index in [1.807, 2.05) is 31.0 Å². The number of urea groups is 1. The third-order valence-corrected chi connectivity index (χ3v) is 4.97. The Hall–Kier alpha value is -2.24. The Morgan fingerprint density at radius 1 is 1.46 bits per heavy atom. The Morgan fingerprint density at radius 3 is 2.79 bits per heavy atom. The van der Waals surface area contributed by atoms with E-state index in [1.165, 1.54) is 6.42 Å². The second-order valence-corrected chi connectivity index (χ2v) is 7.21. The summed E-state index contributed by atoms with van der Waals surface area (Å²) in [6.07, 6.45) is 3.33. The van der Waals surface area contributed by atoms with Crippen molar-refractivity contribution in [2.45, 2.75) is 51.6 Å². The minimum atomic E-state index is -0.0850. The maximum Gasteiger partial charge on any atom is 0.323 e. The SMILES string of the molecule is Cc1cc(NC(=O)N(Cc2ccc([C@H]3C[C@@H]3C)o2)C2CC2)n(C)n1. The van der Waals surface area contributed by atoms with Crippen LogP contribution in [0.25, 0.3) is 0 Å². The Labute approximate surface area is 141 Å². The van der Waals surface area contributed by atoms with Crippen LogP contribution in [0.2, 0.25) is 0 Å². The fraction of sp³-hybridized carbons (Fsp3) is 0.556. The lowest BCUT2D eigenvalue weighted by atomic mass is 10.3. The number of furan rings is 1. The van der Waals surface area contributed by atoms with Crippen molar-refractivity contribution < 1.29 is 9.21 Å². The van der Waals surface area contributed by atoms with Gasteiger partial charge in [-0.05, 0) is 44.2 Å². The summed E-state index contributed by atoms with van der Waals surface area (Å²) in [5.41, 5.74) is 0.889. The van der Waals surface area contributed by atoms with Gasteiger partial charge in [0.15, 0.2) is 0 Å². The Bertz CT molecular complexity index is 759. The summed E-state index contributed by atoms with van der Waals surface area (Å²) >= 11 is 0. The first-order valence-corrected chi connectivity index (χ1v) is 8.68. The van der Waals surface area contributed by atoms with Crippen molar-refractivity contribution in [3.63, 3.8) is 0 Å². The second kappa shape index (κ2) is 5.69. The Morgan fingerprint density at radius 2 is 2.21 bits per heavy atom. The number of rotatable bonds is 5. The molecule has 2 fully saturated rings. The van der Waals surface area contributed by atoms with Crippen LogP contribution in [-0.2, 0) is 13.6 Å². The minimum absolute atomic E-state index is 0.0850. The second-order valence-electron chi connectivity index (χ2n) is 7.21. The molecular weight excluding hydrogens is 304 g/mol. The highest BCUT2D eigenvalue weighted by Crippen LogP contribution is 2.47. The van der Waals surface area contributed by atoms with Crippen LogP contribution in [0.5, 0.6) is 0 Å². The summed E-state index contributed by atoms with van der Waals surface area (Å²) < 4.78 is 7.67. The van der Waals surface area contributed by atoms with Gasteiger partial charge in [0.05, 0.1) is 12.2 Å². The first kappa shape index (κ1) is 15.3. The van der Waals surface area contributed by atoms with Gasteiger partial charge >= 0.3 is 6.03 Å². The van der Waals surface area contributed by atoms with E-state index in [2.05, 4.69) is 23.4 Å². The Kier molecular flexibility index (Phi) is 3.62. The minimum Gasteiger partial charge on any atom is -0.464 e. The normalized spacial score (nSPS) is 22.5. The molecule has 2 aliphatic rings. The molecule has 0 aromatic carbocycles. The third kappa shape index (κ3) is 3.05. The van der Waals surface area contributed by atoms with Gasteiger partial charge in [-0.25, -0.2) is 4.79 Å². The van der Waals surface area contributed by atoms with E-state index in [1.54, 1.807) is 4.68 Å². The van der Waals surface area contributed by atoms with Gasteiger partial charge in [0, 0.05) is 25.1 Å². The molecule has 2 aromatic heterocycles. The van der Waals surface area contributed by atoms with Crippen molar-refractivity contribution in [1.29, 1.82) is 0 Å². The zero-order valence-electron chi connectivity index (χ0n) is 14.5. The number of amides is 2. The molecule has 6 heteroatoms. The lowest BCUT2D eigenvalue weighted by Gasteiger charge is -2.21. The summed E-state index contributed by atoms with van der Waals surface area (Å²) in [7, 11) is 1.83. The van der Waals surface area contributed by atoms with E-state index < -0.39 is 0 Å². The number of aryl methyl sites for hydroxylation is 2. The number of hydrogen-bond acceptors (Lipinski definition) is 3. The summed E-state index contributed by atoms with van der Waals surface area (Å²) in [6.45, 7) is 4.68. The summed E-state index contributed by atoms with van der Waals surface area (Å²) in [6, 6.07) is 6.18. The number of hydrogen-bond donors (Lipinski definition) is 1. The van der Waals surface area contributed by atoms with Crippen molar-refractivity contribution in [1.82, 2.24) is 14.7 Å². The molecule has 6 nitrogen and oxygen atoms in total. The van der Waals surface area contributed by atoms with E-state index in [4.69, 9.17) is 4.42 Å². The van der Waals surface area contributed by atoms with Gasteiger partial charge in [0.2, 0.25) is 0 Å². The molecule has 2 amide bonds. The largest absolute Gasteiger partial charge is 0.464 e. The highest BCUT2D eigenvalue weighted by Gasteiger charge is 2.37. The van der Waals surface area contributed by atoms with Crippen LogP contribution < -0.4 is 5.32 Å². The number of anilines is 1. The average Bonchev–Trinajstić information content (AvgIpc) is 3.42. The number of nitrogens with one attached hydrogen (secondary N) is 1. The molecule has 4 rings (SSSR count). The van der Waals surface area contributed by atoms with E-state index in [0.717, 1.165) is 41.8 Å². The molecule has 2 saturated carbocycles. The molecule has 2 aromatic rings. The van der Waals surface area contributed by atoms with Crippen LogP contribution in [0.3, 0.4) is 0 Å². The topological polar surface area (TPSA) is 63.3 Å². The fourth-order valence-electron chi connectivity index (χ4n) is 3.23. The number of carbonyl (C=O) groups excluding carboxylic acids is 1. The lowest BCUT2D eigenvalue weighted by molar-refractivity contribution is 0.200. The van der Waals surface area contributed by atoms with Crippen LogP contribution >= 0.6 is 0 Å². The molecule has 2 aliphatic carbocycles. The van der Waals surface area contributed by atoms with Gasteiger partial charge in [0.25, 0.3) is 0 Å². The zero-order valence-corrected chi connectivity index (χ0v) is 14.5. The molecule has 2 atom stereocenters. The molecule has 0 bridgehead atoms.